The number of fused-ring (bicyclic) bond motifs is 1. The Balaban J connectivity index is 1.52. The molecule has 0 aliphatic rings. The van der Waals surface area contributed by atoms with E-state index in [1.54, 1.807) is 12.3 Å². The summed E-state index contributed by atoms with van der Waals surface area (Å²) in [5, 5.41) is 14.2. The Morgan fingerprint density at radius 2 is 2.00 bits per heavy atom. The molecular weight excluding hydrogens is 444 g/mol. The van der Waals surface area contributed by atoms with Crippen LogP contribution in [-0.2, 0) is 17.7 Å². The molecular formula is C25H24N8O2. The predicted octanol–water partition coefficient (Wildman–Crippen LogP) is 3.85. The standard InChI is InChI=1S/C25H24N8O2/c1-3-4-8-21-28-20-7-5-6-18(25(34)35-2)23(20)33(21)14-16-9-11-17(12-10-16)22-19(13-26-15-27-22)24-29-31-32-30-24/h5-7,9-13,15H,3-4,8,14H2,1-2H3,(H,29,30,31,32). The Morgan fingerprint density at radius 3 is 2.74 bits per heavy atom. The van der Waals surface area contributed by atoms with E-state index in [2.05, 4.69) is 42.1 Å². The number of aromatic nitrogens is 8. The third-order valence-electron chi connectivity index (χ3n) is 5.87. The average Bonchev–Trinajstić information content (AvgIpc) is 3.56. The van der Waals surface area contributed by atoms with E-state index in [1.807, 2.05) is 36.4 Å². The normalized spacial score (nSPS) is 11.1. The van der Waals surface area contributed by atoms with Crippen LogP contribution >= 0.6 is 0 Å². The second-order valence-corrected chi connectivity index (χ2v) is 8.10. The van der Waals surface area contributed by atoms with Crippen molar-refractivity contribution in [1.82, 2.24) is 40.1 Å². The summed E-state index contributed by atoms with van der Waals surface area (Å²) in [4.78, 5) is 25.9. The average molecular weight is 469 g/mol. The largest absolute Gasteiger partial charge is 0.465 e. The number of nitrogens with zero attached hydrogens (tertiary/aromatic N) is 7. The van der Waals surface area contributed by atoms with Gasteiger partial charge in [-0.1, -0.05) is 43.7 Å². The summed E-state index contributed by atoms with van der Waals surface area (Å²) < 4.78 is 7.16. The van der Waals surface area contributed by atoms with E-state index in [-0.39, 0.29) is 5.97 Å². The zero-order valence-electron chi connectivity index (χ0n) is 19.5. The number of tetrazole rings is 1. The van der Waals surface area contributed by atoms with Crippen molar-refractivity contribution < 1.29 is 9.53 Å². The molecule has 3 heterocycles. The fourth-order valence-electron chi connectivity index (χ4n) is 4.15. The van der Waals surface area contributed by atoms with E-state index in [0.717, 1.165) is 52.9 Å². The SMILES string of the molecule is CCCCc1nc2cccc(C(=O)OC)c2n1Cc1ccc(-c2ncncc2-c2nn[nH]n2)cc1. The Labute approximate surface area is 201 Å². The first-order valence-corrected chi connectivity index (χ1v) is 11.4. The molecule has 5 aromatic rings. The van der Waals surface area contributed by atoms with Crippen LogP contribution in [0.5, 0.6) is 0 Å². The summed E-state index contributed by atoms with van der Waals surface area (Å²) in [6.45, 7) is 2.73. The highest BCUT2D eigenvalue weighted by molar-refractivity contribution is 6.02. The predicted molar refractivity (Wildman–Crippen MR) is 129 cm³/mol. The Kier molecular flexibility index (Phi) is 6.25. The molecule has 176 valence electrons. The number of aryl methyl sites for hydroxylation is 1. The van der Waals surface area contributed by atoms with Gasteiger partial charge >= 0.3 is 5.97 Å². The van der Waals surface area contributed by atoms with Gasteiger partial charge in [-0.15, -0.1) is 10.2 Å². The van der Waals surface area contributed by atoms with Crippen molar-refractivity contribution in [3.05, 3.63) is 71.9 Å². The van der Waals surface area contributed by atoms with Gasteiger partial charge in [-0.3, -0.25) is 0 Å². The van der Waals surface area contributed by atoms with Crippen molar-refractivity contribution in [2.24, 2.45) is 0 Å². The van der Waals surface area contributed by atoms with E-state index >= 15 is 0 Å². The Bertz CT molecular complexity index is 1460. The van der Waals surface area contributed by atoms with Crippen molar-refractivity contribution in [3.63, 3.8) is 0 Å². The van der Waals surface area contributed by atoms with Crippen molar-refractivity contribution >= 4 is 17.0 Å². The maximum atomic E-state index is 12.5. The fraction of sp³-hybridized carbons (Fsp3) is 0.240. The number of carbonyl (C=O) groups is 1. The molecule has 0 saturated heterocycles. The molecule has 5 rings (SSSR count). The first-order valence-electron chi connectivity index (χ1n) is 11.4. The number of imidazole rings is 1. The number of esters is 1. The Morgan fingerprint density at radius 1 is 1.14 bits per heavy atom. The third-order valence-corrected chi connectivity index (χ3v) is 5.87. The molecule has 0 spiro atoms. The number of unbranched alkanes of at least 4 members (excludes halogenated alkanes) is 1. The van der Waals surface area contributed by atoms with Crippen molar-refractivity contribution in [3.8, 4) is 22.6 Å². The van der Waals surface area contributed by atoms with Gasteiger partial charge in [0, 0.05) is 24.7 Å². The van der Waals surface area contributed by atoms with Crippen LogP contribution in [-0.4, -0.2) is 53.2 Å². The number of nitrogens with one attached hydrogen (secondary N) is 1. The quantitative estimate of drug-likeness (QED) is 0.341. The molecule has 0 fully saturated rings. The molecule has 0 amide bonds. The van der Waals surface area contributed by atoms with E-state index in [4.69, 9.17) is 9.72 Å². The fourth-order valence-corrected chi connectivity index (χ4v) is 4.15. The lowest BCUT2D eigenvalue weighted by atomic mass is 10.0. The molecule has 35 heavy (non-hydrogen) atoms. The van der Waals surface area contributed by atoms with Gasteiger partial charge in [0.15, 0.2) is 0 Å². The van der Waals surface area contributed by atoms with Crippen LogP contribution in [0, 0.1) is 0 Å². The van der Waals surface area contributed by atoms with E-state index < -0.39 is 0 Å². The minimum Gasteiger partial charge on any atom is -0.465 e. The van der Waals surface area contributed by atoms with Crippen molar-refractivity contribution in [2.45, 2.75) is 32.7 Å². The number of benzene rings is 2. The molecule has 1 N–H and O–H groups in total. The summed E-state index contributed by atoms with van der Waals surface area (Å²) in [5.74, 6) is 1.02. The maximum Gasteiger partial charge on any atom is 0.340 e. The van der Waals surface area contributed by atoms with Crippen LogP contribution in [0.25, 0.3) is 33.7 Å². The highest BCUT2D eigenvalue weighted by Crippen LogP contribution is 2.28. The number of hydrogen-bond donors (Lipinski definition) is 1. The van der Waals surface area contributed by atoms with E-state index in [0.29, 0.717) is 23.5 Å². The molecule has 0 unspecified atom stereocenters. The van der Waals surface area contributed by atoms with Crippen LogP contribution in [0.4, 0.5) is 0 Å². The number of rotatable bonds is 8. The number of carbonyl (C=O) groups excluding carboxylic acids is 1. The lowest BCUT2D eigenvalue weighted by molar-refractivity contribution is 0.0602. The van der Waals surface area contributed by atoms with Crippen LogP contribution < -0.4 is 0 Å². The second kappa shape index (κ2) is 9.80. The molecule has 2 aromatic carbocycles. The van der Waals surface area contributed by atoms with Crippen LogP contribution in [0.15, 0.2) is 55.0 Å². The number of hydrogen-bond acceptors (Lipinski definition) is 8. The summed E-state index contributed by atoms with van der Waals surface area (Å²) in [6, 6.07) is 13.7. The summed E-state index contributed by atoms with van der Waals surface area (Å²) in [6.07, 6.45) is 6.08. The molecule has 0 atom stereocenters. The zero-order valence-corrected chi connectivity index (χ0v) is 19.5. The molecule has 3 aromatic heterocycles. The third kappa shape index (κ3) is 4.37. The van der Waals surface area contributed by atoms with Crippen LogP contribution in [0.1, 0.15) is 41.5 Å². The minimum absolute atomic E-state index is 0.369. The molecule has 0 bridgehead atoms. The van der Waals surface area contributed by atoms with Gasteiger partial charge in [0.25, 0.3) is 0 Å². The van der Waals surface area contributed by atoms with Gasteiger partial charge in [-0.25, -0.2) is 19.7 Å². The number of para-hydroxylation sites is 1. The first kappa shape index (κ1) is 22.3. The molecule has 10 heteroatoms. The zero-order chi connectivity index (χ0) is 24.2. The van der Waals surface area contributed by atoms with Gasteiger partial charge in [0.1, 0.15) is 12.2 Å². The second-order valence-electron chi connectivity index (χ2n) is 8.10. The smallest absolute Gasteiger partial charge is 0.340 e. The Hall–Kier alpha value is -4.47. The molecule has 0 aliphatic carbocycles. The number of methoxy groups -OCH3 is 1. The number of aromatic amines is 1. The topological polar surface area (TPSA) is 124 Å². The molecule has 0 saturated carbocycles. The number of H-pyrrole nitrogens is 1. The van der Waals surface area contributed by atoms with Crippen molar-refractivity contribution in [2.75, 3.05) is 7.11 Å². The molecule has 0 radical (unpaired) electrons. The van der Waals surface area contributed by atoms with Crippen LogP contribution in [0.2, 0.25) is 0 Å². The van der Waals surface area contributed by atoms with Gasteiger partial charge in [-0.2, -0.15) is 5.21 Å². The van der Waals surface area contributed by atoms with E-state index in [1.165, 1.54) is 13.4 Å². The summed E-state index contributed by atoms with van der Waals surface area (Å²) >= 11 is 0. The molecule has 10 nitrogen and oxygen atoms in total. The summed E-state index contributed by atoms with van der Waals surface area (Å²) in [5.41, 5.74) is 5.50. The van der Waals surface area contributed by atoms with Crippen molar-refractivity contribution in [1.29, 1.82) is 0 Å². The van der Waals surface area contributed by atoms with Gasteiger partial charge < -0.3 is 9.30 Å². The monoisotopic (exact) mass is 468 g/mol. The first-order chi connectivity index (χ1) is 17.2. The highest BCUT2D eigenvalue weighted by Gasteiger charge is 2.19. The van der Waals surface area contributed by atoms with Gasteiger partial charge in [0.2, 0.25) is 5.82 Å². The molecule has 0 aliphatic heterocycles. The lowest BCUT2D eigenvalue weighted by Crippen LogP contribution is -2.09. The minimum atomic E-state index is -0.369. The van der Waals surface area contributed by atoms with Crippen LogP contribution in [0.3, 0.4) is 0 Å². The van der Waals surface area contributed by atoms with Gasteiger partial charge in [-0.05, 0) is 29.3 Å². The van der Waals surface area contributed by atoms with E-state index in [9.17, 15) is 4.79 Å². The maximum absolute atomic E-state index is 12.5. The summed E-state index contributed by atoms with van der Waals surface area (Å²) in [7, 11) is 1.40. The lowest BCUT2D eigenvalue weighted by Gasteiger charge is -2.12. The number of ether oxygens (including phenoxy) is 1. The highest BCUT2D eigenvalue weighted by atomic mass is 16.5. The van der Waals surface area contributed by atoms with Gasteiger partial charge in [0.05, 0.1) is 35.0 Å².